The lowest BCUT2D eigenvalue weighted by Gasteiger charge is -2.36. The molecule has 2 fully saturated rings. The molecule has 1 aromatic carbocycles. The number of carbonyl (C=O) groups excluding carboxylic acids is 1. The fourth-order valence-corrected chi connectivity index (χ4v) is 7.04. The molecule has 0 bridgehead atoms. The predicted molar refractivity (Wildman–Crippen MR) is 129 cm³/mol. The van der Waals surface area contributed by atoms with E-state index >= 15 is 0 Å². The van der Waals surface area contributed by atoms with Crippen molar-refractivity contribution in [3.63, 3.8) is 0 Å². The van der Waals surface area contributed by atoms with E-state index in [1.54, 1.807) is 17.5 Å². The first-order chi connectivity index (χ1) is 15.5. The molecule has 0 radical (unpaired) electrons. The molecule has 7 nitrogen and oxygen atoms in total. The minimum absolute atomic E-state index is 0.0621. The van der Waals surface area contributed by atoms with Gasteiger partial charge in [0, 0.05) is 57.4 Å². The second kappa shape index (κ2) is 10.8. The molecule has 0 aliphatic carbocycles. The molecule has 2 aliphatic heterocycles. The zero-order valence-electron chi connectivity index (χ0n) is 18.4. The highest BCUT2D eigenvalue weighted by molar-refractivity contribution is 7.91. The summed E-state index contributed by atoms with van der Waals surface area (Å²) in [5, 5.41) is 4.84. The summed E-state index contributed by atoms with van der Waals surface area (Å²) in [4.78, 5) is 17.4. The molecule has 2 aliphatic rings. The molecular formula is C23H32N4O3S2. The van der Waals surface area contributed by atoms with Crippen molar-refractivity contribution in [2.45, 2.75) is 23.5 Å². The molecule has 32 heavy (non-hydrogen) atoms. The van der Waals surface area contributed by atoms with Crippen molar-refractivity contribution in [2.24, 2.45) is 5.92 Å². The van der Waals surface area contributed by atoms with E-state index in [-0.39, 0.29) is 11.8 Å². The maximum atomic E-state index is 12.6. The van der Waals surface area contributed by atoms with Gasteiger partial charge in [0.25, 0.3) is 10.0 Å². The number of benzene rings is 1. The summed E-state index contributed by atoms with van der Waals surface area (Å²) in [7, 11) is -3.41. The van der Waals surface area contributed by atoms with Crippen molar-refractivity contribution in [2.75, 3.05) is 57.3 Å². The third-order valence-corrected chi connectivity index (χ3v) is 9.63. The number of thiophene rings is 1. The quantitative estimate of drug-likeness (QED) is 0.593. The molecule has 3 heterocycles. The number of rotatable bonds is 8. The number of para-hydroxylation sites is 1. The van der Waals surface area contributed by atoms with Gasteiger partial charge in [0.15, 0.2) is 0 Å². The van der Waals surface area contributed by atoms with E-state index < -0.39 is 10.0 Å². The second-order valence-electron chi connectivity index (χ2n) is 8.42. The average Bonchev–Trinajstić information content (AvgIpc) is 3.39. The van der Waals surface area contributed by atoms with E-state index in [0.29, 0.717) is 36.7 Å². The number of nitrogens with one attached hydrogen (secondary N) is 1. The largest absolute Gasteiger partial charge is 0.369 e. The normalized spacial score (nSPS) is 19.2. The van der Waals surface area contributed by atoms with Crippen molar-refractivity contribution < 1.29 is 13.2 Å². The van der Waals surface area contributed by atoms with Gasteiger partial charge in [-0.3, -0.25) is 9.69 Å². The first kappa shape index (κ1) is 23.2. The van der Waals surface area contributed by atoms with E-state index in [1.807, 2.05) is 6.07 Å². The van der Waals surface area contributed by atoms with Crippen molar-refractivity contribution in [3.8, 4) is 0 Å². The van der Waals surface area contributed by atoms with Crippen LogP contribution in [0.4, 0.5) is 5.69 Å². The summed E-state index contributed by atoms with van der Waals surface area (Å²) in [5.74, 6) is -0.0359. The Kier molecular flexibility index (Phi) is 7.83. The highest BCUT2D eigenvalue weighted by Crippen LogP contribution is 2.26. The van der Waals surface area contributed by atoms with Crippen LogP contribution in [0.3, 0.4) is 0 Å². The molecule has 1 aromatic heterocycles. The molecule has 1 N–H and O–H groups in total. The summed E-state index contributed by atoms with van der Waals surface area (Å²) in [6, 6.07) is 13.9. The first-order valence-corrected chi connectivity index (χ1v) is 13.7. The van der Waals surface area contributed by atoms with Crippen molar-refractivity contribution >= 4 is 33.0 Å². The Morgan fingerprint density at radius 3 is 2.34 bits per heavy atom. The molecule has 0 atom stereocenters. The Bertz CT molecular complexity index is 950. The fraction of sp³-hybridized carbons (Fsp3) is 0.522. The van der Waals surface area contributed by atoms with Crippen molar-refractivity contribution in [1.29, 1.82) is 0 Å². The minimum Gasteiger partial charge on any atom is -0.369 e. The number of carbonyl (C=O) groups is 1. The molecular weight excluding hydrogens is 444 g/mol. The van der Waals surface area contributed by atoms with Gasteiger partial charge in [-0.25, -0.2) is 8.42 Å². The Morgan fingerprint density at radius 2 is 1.69 bits per heavy atom. The van der Waals surface area contributed by atoms with Gasteiger partial charge in [-0.2, -0.15) is 4.31 Å². The summed E-state index contributed by atoms with van der Waals surface area (Å²) < 4.78 is 27.1. The Balaban J connectivity index is 1.12. The molecule has 2 aromatic rings. The maximum absolute atomic E-state index is 12.6. The SMILES string of the molecule is O=C(NCCCN1CCN(c2ccccc2)CC1)C1CCN(S(=O)(=O)c2cccs2)CC1. The maximum Gasteiger partial charge on any atom is 0.252 e. The summed E-state index contributed by atoms with van der Waals surface area (Å²) in [6.45, 7) is 6.62. The smallest absolute Gasteiger partial charge is 0.252 e. The molecule has 0 unspecified atom stereocenters. The van der Waals surface area contributed by atoms with Gasteiger partial charge >= 0.3 is 0 Å². The number of hydrogen-bond donors (Lipinski definition) is 1. The van der Waals surface area contributed by atoms with Crippen LogP contribution < -0.4 is 10.2 Å². The van der Waals surface area contributed by atoms with Crippen LogP contribution in [0.2, 0.25) is 0 Å². The Labute approximate surface area is 195 Å². The minimum atomic E-state index is -3.41. The monoisotopic (exact) mass is 476 g/mol. The summed E-state index contributed by atoms with van der Waals surface area (Å²) in [6.07, 6.45) is 2.10. The summed E-state index contributed by atoms with van der Waals surface area (Å²) in [5.41, 5.74) is 1.29. The van der Waals surface area contributed by atoms with Crippen molar-refractivity contribution in [1.82, 2.24) is 14.5 Å². The zero-order chi connectivity index (χ0) is 22.4. The summed E-state index contributed by atoms with van der Waals surface area (Å²) >= 11 is 1.24. The molecule has 4 rings (SSSR count). The van der Waals surface area contributed by atoms with Gasteiger partial charge in [-0.15, -0.1) is 11.3 Å². The van der Waals surface area contributed by atoms with Crippen LogP contribution >= 0.6 is 11.3 Å². The van der Waals surface area contributed by atoms with Gasteiger partial charge in [0.05, 0.1) is 0 Å². The highest BCUT2D eigenvalue weighted by atomic mass is 32.2. The fourth-order valence-electron chi connectivity index (χ4n) is 4.42. The van der Waals surface area contributed by atoms with Crippen LogP contribution in [0.1, 0.15) is 19.3 Å². The van der Waals surface area contributed by atoms with Gasteiger partial charge in [0.1, 0.15) is 4.21 Å². The van der Waals surface area contributed by atoms with E-state index in [1.165, 1.54) is 21.3 Å². The molecule has 1 amide bonds. The lowest BCUT2D eigenvalue weighted by atomic mass is 9.97. The van der Waals surface area contributed by atoms with E-state index in [4.69, 9.17) is 0 Å². The number of piperidine rings is 1. The van der Waals surface area contributed by atoms with Gasteiger partial charge in [-0.05, 0) is 49.4 Å². The molecule has 2 saturated heterocycles. The molecule has 0 spiro atoms. The van der Waals surface area contributed by atoms with E-state index in [0.717, 1.165) is 39.1 Å². The van der Waals surface area contributed by atoms with Crippen LogP contribution in [-0.4, -0.2) is 75.9 Å². The predicted octanol–water partition coefficient (Wildman–Crippen LogP) is 2.48. The standard InChI is InChI=1S/C23H32N4O3S2/c28-23(20-9-13-27(14-10-20)32(29,30)22-8-4-19-31-22)24-11-5-12-25-15-17-26(18-16-25)21-6-2-1-3-7-21/h1-4,6-8,19-20H,5,9-18H2,(H,24,28). The number of sulfonamides is 1. The number of nitrogens with zero attached hydrogens (tertiary/aromatic N) is 3. The Hall–Kier alpha value is -1.94. The van der Waals surface area contributed by atoms with Crippen LogP contribution in [-0.2, 0) is 14.8 Å². The lowest BCUT2D eigenvalue weighted by Crippen LogP contribution is -2.47. The topological polar surface area (TPSA) is 73.0 Å². The average molecular weight is 477 g/mol. The molecule has 0 saturated carbocycles. The number of hydrogen-bond acceptors (Lipinski definition) is 6. The van der Waals surface area contributed by atoms with E-state index in [9.17, 15) is 13.2 Å². The zero-order valence-corrected chi connectivity index (χ0v) is 20.0. The molecule has 174 valence electrons. The van der Waals surface area contributed by atoms with Crippen molar-refractivity contribution in [3.05, 3.63) is 47.8 Å². The number of anilines is 1. The van der Waals surface area contributed by atoms with Crippen LogP contribution in [0.5, 0.6) is 0 Å². The number of piperazine rings is 1. The van der Waals surface area contributed by atoms with Gasteiger partial charge in [-0.1, -0.05) is 24.3 Å². The third kappa shape index (κ3) is 5.70. The van der Waals surface area contributed by atoms with Gasteiger partial charge < -0.3 is 10.2 Å². The first-order valence-electron chi connectivity index (χ1n) is 11.4. The highest BCUT2D eigenvalue weighted by Gasteiger charge is 2.32. The molecule has 9 heteroatoms. The van der Waals surface area contributed by atoms with Gasteiger partial charge in [0.2, 0.25) is 5.91 Å². The van der Waals surface area contributed by atoms with Crippen LogP contribution in [0.25, 0.3) is 0 Å². The van der Waals surface area contributed by atoms with Crippen LogP contribution in [0.15, 0.2) is 52.1 Å². The second-order valence-corrected chi connectivity index (χ2v) is 11.5. The van der Waals surface area contributed by atoms with Crippen LogP contribution in [0, 0.1) is 5.92 Å². The lowest BCUT2D eigenvalue weighted by molar-refractivity contribution is -0.126. The van der Waals surface area contributed by atoms with E-state index in [2.05, 4.69) is 39.4 Å². The number of amides is 1. The third-order valence-electron chi connectivity index (χ3n) is 6.36. The Morgan fingerprint density at radius 1 is 0.969 bits per heavy atom.